The summed E-state index contributed by atoms with van der Waals surface area (Å²) >= 11 is 0. The van der Waals surface area contributed by atoms with E-state index in [0.29, 0.717) is 5.75 Å². The number of carbonyl (C=O) groups excluding carboxylic acids is 1. The third-order valence-corrected chi connectivity index (χ3v) is 4.20. The Bertz CT molecular complexity index is 1180. The third kappa shape index (κ3) is 3.91. The summed E-state index contributed by atoms with van der Waals surface area (Å²) < 4.78 is 18.9. The highest BCUT2D eigenvalue weighted by atomic mass is 19.1. The first-order chi connectivity index (χ1) is 14.1. The summed E-state index contributed by atoms with van der Waals surface area (Å²) in [6.45, 7) is 0. The lowest BCUT2D eigenvalue weighted by atomic mass is 10.1. The molecule has 0 aliphatic heterocycles. The van der Waals surface area contributed by atoms with Crippen LogP contribution in [0.4, 0.5) is 15.9 Å². The van der Waals surface area contributed by atoms with E-state index in [1.165, 1.54) is 30.6 Å². The molecule has 0 aliphatic carbocycles. The molecule has 0 aliphatic rings. The summed E-state index contributed by atoms with van der Waals surface area (Å²) in [5.74, 6) is 0.0136. The van der Waals surface area contributed by atoms with Crippen molar-refractivity contribution >= 4 is 28.2 Å². The molecule has 0 spiro atoms. The number of ether oxygens (including phenoxy) is 1. The number of nitrogen functional groups attached to an aromatic ring is 1. The molecule has 1 amide bonds. The number of aromatic nitrogens is 2. The minimum atomic E-state index is -0.473. The molecule has 0 radical (unpaired) electrons. The molecular formula is C21H16FN5O2. The smallest absolute Gasteiger partial charge is 0.269 e. The van der Waals surface area contributed by atoms with Crippen molar-refractivity contribution in [3.8, 4) is 11.6 Å². The largest absolute Gasteiger partial charge is 0.436 e. The summed E-state index contributed by atoms with van der Waals surface area (Å²) in [6, 6.07) is 18.6. The van der Waals surface area contributed by atoms with Gasteiger partial charge in [0.1, 0.15) is 23.6 Å². The summed E-state index contributed by atoms with van der Waals surface area (Å²) in [7, 11) is 0. The molecular weight excluding hydrogens is 373 g/mol. The Labute approximate surface area is 165 Å². The van der Waals surface area contributed by atoms with E-state index in [0.717, 1.165) is 10.8 Å². The van der Waals surface area contributed by atoms with Gasteiger partial charge in [0.2, 0.25) is 5.88 Å². The average Bonchev–Trinajstić information content (AvgIpc) is 2.75. The van der Waals surface area contributed by atoms with E-state index < -0.39 is 11.7 Å². The summed E-state index contributed by atoms with van der Waals surface area (Å²) in [5.41, 5.74) is 11.6. The number of nitrogens with one attached hydrogen (secondary N) is 2. The zero-order valence-electron chi connectivity index (χ0n) is 15.1. The molecule has 0 saturated carbocycles. The van der Waals surface area contributed by atoms with Crippen LogP contribution in [0.2, 0.25) is 0 Å². The van der Waals surface area contributed by atoms with Gasteiger partial charge in [-0.2, -0.15) is 4.98 Å². The van der Waals surface area contributed by atoms with Gasteiger partial charge in [-0.15, -0.1) is 0 Å². The van der Waals surface area contributed by atoms with Crippen LogP contribution in [0, 0.1) is 5.82 Å². The number of hydrazine groups is 1. The van der Waals surface area contributed by atoms with Crippen LogP contribution in [-0.4, -0.2) is 15.9 Å². The van der Waals surface area contributed by atoms with Crippen LogP contribution in [0.15, 0.2) is 73.1 Å². The number of carbonyl (C=O) groups is 1. The maximum absolute atomic E-state index is 13.0. The fraction of sp³-hybridized carbons (Fsp3) is 0. The molecule has 0 unspecified atom stereocenters. The first-order valence-corrected chi connectivity index (χ1v) is 8.70. The second-order valence-corrected chi connectivity index (χ2v) is 6.11. The Balaban J connectivity index is 1.53. The number of nitrogens with two attached hydrogens (primary N) is 1. The number of halogens is 1. The van der Waals surface area contributed by atoms with Gasteiger partial charge >= 0.3 is 0 Å². The second-order valence-electron chi connectivity index (χ2n) is 6.11. The van der Waals surface area contributed by atoms with Crippen molar-refractivity contribution in [2.24, 2.45) is 0 Å². The SMILES string of the molecule is Nc1c(NNC(=O)c2ccc(F)cc2)ncnc1Oc1cccc2ccccc12. The van der Waals surface area contributed by atoms with Gasteiger partial charge in [-0.1, -0.05) is 36.4 Å². The Hall–Kier alpha value is -4.20. The molecule has 1 heterocycles. The number of hydrogen-bond acceptors (Lipinski definition) is 6. The van der Waals surface area contributed by atoms with Crippen molar-refractivity contribution in [2.75, 3.05) is 11.2 Å². The van der Waals surface area contributed by atoms with Crippen LogP contribution in [0.5, 0.6) is 11.6 Å². The molecule has 0 atom stereocenters. The quantitative estimate of drug-likeness (QED) is 0.448. The predicted octanol–water partition coefficient (Wildman–Crippen LogP) is 3.90. The number of hydrogen-bond donors (Lipinski definition) is 3. The number of benzene rings is 3. The molecule has 29 heavy (non-hydrogen) atoms. The standard InChI is InChI=1S/C21H16FN5O2/c22-15-10-8-14(9-11-15)20(28)27-26-19-18(23)21(25-12-24-19)29-17-7-3-5-13-4-1-2-6-16(13)17/h1-12H,23H2,(H,27,28)(H,24,25,26). The number of anilines is 2. The molecule has 4 N–H and O–H groups in total. The van der Waals surface area contributed by atoms with Crippen LogP contribution in [0.1, 0.15) is 10.4 Å². The van der Waals surface area contributed by atoms with Gasteiger partial charge in [0.15, 0.2) is 5.82 Å². The zero-order valence-corrected chi connectivity index (χ0v) is 15.1. The summed E-state index contributed by atoms with van der Waals surface area (Å²) in [5, 5.41) is 1.93. The number of nitrogens with zero attached hydrogens (tertiary/aromatic N) is 2. The second kappa shape index (κ2) is 7.81. The van der Waals surface area contributed by atoms with E-state index in [1.807, 2.05) is 42.5 Å². The maximum atomic E-state index is 13.0. The van der Waals surface area contributed by atoms with Gasteiger partial charge in [0.05, 0.1) is 0 Å². The summed E-state index contributed by atoms with van der Waals surface area (Å²) in [6.07, 6.45) is 1.27. The molecule has 0 fully saturated rings. The molecule has 144 valence electrons. The first-order valence-electron chi connectivity index (χ1n) is 8.70. The molecule has 0 bridgehead atoms. The highest BCUT2D eigenvalue weighted by molar-refractivity contribution is 5.95. The van der Waals surface area contributed by atoms with E-state index in [1.54, 1.807) is 0 Å². The van der Waals surface area contributed by atoms with Crippen molar-refractivity contribution in [3.63, 3.8) is 0 Å². The normalized spacial score (nSPS) is 10.5. The Morgan fingerprint density at radius 2 is 1.72 bits per heavy atom. The molecule has 7 nitrogen and oxygen atoms in total. The first kappa shape index (κ1) is 18.2. The van der Waals surface area contributed by atoms with Crippen LogP contribution in [-0.2, 0) is 0 Å². The van der Waals surface area contributed by atoms with Crippen LogP contribution in [0.3, 0.4) is 0 Å². The third-order valence-electron chi connectivity index (χ3n) is 4.20. The van der Waals surface area contributed by atoms with Gasteiger partial charge in [-0.3, -0.25) is 15.6 Å². The van der Waals surface area contributed by atoms with Crippen molar-refractivity contribution in [1.82, 2.24) is 15.4 Å². The summed E-state index contributed by atoms with van der Waals surface area (Å²) in [4.78, 5) is 20.3. The Morgan fingerprint density at radius 3 is 2.55 bits per heavy atom. The van der Waals surface area contributed by atoms with Crippen molar-refractivity contribution in [3.05, 3.63) is 84.4 Å². The topological polar surface area (TPSA) is 102 Å². The molecule has 0 saturated heterocycles. The molecule has 3 aromatic carbocycles. The van der Waals surface area contributed by atoms with E-state index >= 15 is 0 Å². The van der Waals surface area contributed by atoms with Crippen molar-refractivity contribution in [2.45, 2.75) is 0 Å². The van der Waals surface area contributed by atoms with Crippen LogP contribution < -0.4 is 21.3 Å². The highest BCUT2D eigenvalue weighted by Gasteiger charge is 2.13. The fourth-order valence-corrected chi connectivity index (χ4v) is 2.74. The lowest BCUT2D eigenvalue weighted by Crippen LogP contribution is -2.30. The van der Waals surface area contributed by atoms with Gasteiger partial charge in [0.25, 0.3) is 5.91 Å². The predicted molar refractivity (Wildman–Crippen MR) is 108 cm³/mol. The highest BCUT2D eigenvalue weighted by Crippen LogP contribution is 2.33. The van der Waals surface area contributed by atoms with E-state index in [-0.39, 0.29) is 22.9 Å². The Kier molecular flexibility index (Phi) is 4.90. The van der Waals surface area contributed by atoms with Gasteiger partial charge in [0, 0.05) is 10.9 Å². The lowest BCUT2D eigenvalue weighted by Gasteiger charge is -2.13. The van der Waals surface area contributed by atoms with E-state index in [9.17, 15) is 9.18 Å². The minimum Gasteiger partial charge on any atom is -0.436 e. The number of amides is 1. The van der Waals surface area contributed by atoms with Crippen molar-refractivity contribution < 1.29 is 13.9 Å². The lowest BCUT2D eigenvalue weighted by molar-refractivity contribution is 0.0962. The van der Waals surface area contributed by atoms with Gasteiger partial charge < -0.3 is 10.5 Å². The average molecular weight is 389 g/mol. The van der Waals surface area contributed by atoms with E-state index in [2.05, 4.69) is 20.8 Å². The van der Waals surface area contributed by atoms with Crippen LogP contribution >= 0.6 is 0 Å². The van der Waals surface area contributed by atoms with Gasteiger partial charge in [-0.25, -0.2) is 9.37 Å². The fourth-order valence-electron chi connectivity index (χ4n) is 2.74. The van der Waals surface area contributed by atoms with Crippen molar-refractivity contribution in [1.29, 1.82) is 0 Å². The Morgan fingerprint density at radius 1 is 0.966 bits per heavy atom. The van der Waals surface area contributed by atoms with E-state index in [4.69, 9.17) is 10.5 Å². The zero-order chi connectivity index (χ0) is 20.2. The molecule has 4 rings (SSSR count). The molecule has 8 heteroatoms. The van der Waals surface area contributed by atoms with Gasteiger partial charge in [-0.05, 0) is 35.7 Å². The molecule has 4 aromatic rings. The van der Waals surface area contributed by atoms with Crippen LogP contribution in [0.25, 0.3) is 10.8 Å². The molecule has 1 aromatic heterocycles. The maximum Gasteiger partial charge on any atom is 0.269 e. The number of rotatable bonds is 5. The minimum absolute atomic E-state index is 0.125. The monoisotopic (exact) mass is 389 g/mol. The number of fused-ring (bicyclic) bond motifs is 1.